The van der Waals surface area contributed by atoms with Gasteiger partial charge in [0.1, 0.15) is 5.75 Å². The summed E-state index contributed by atoms with van der Waals surface area (Å²) >= 11 is 0. The average Bonchev–Trinajstić information content (AvgIpc) is 2.48. The van der Waals surface area contributed by atoms with Crippen LogP contribution in [0.4, 0.5) is 11.4 Å². The second kappa shape index (κ2) is 7.45. The van der Waals surface area contributed by atoms with E-state index in [1.165, 1.54) is 6.92 Å². The van der Waals surface area contributed by atoms with Crippen molar-refractivity contribution in [2.45, 2.75) is 20.8 Å². The van der Waals surface area contributed by atoms with E-state index in [2.05, 4.69) is 10.6 Å². The fourth-order valence-electron chi connectivity index (χ4n) is 2.08. The van der Waals surface area contributed by atoms with Gasteiger partial charge in [-0.15, -0.1) is 0 Å². The summed E-state index contributed by atoms with van der Waals surface area (Å²) in [5.74, 6) is 0.242. The molecule has 0 bridgehead atoms. The molecular formula is C18H20N2O3. The SMILES string of the molecule is CC(=O)Nc1cc(NC(=O)COc2cccc(C)c2)ccc1C. The normalized spacial score (nSPS) is 10.0. The van der Waals surface area contributed by atoms with E-state index in [1.54, 1.807) is 18.2 Å². The summed E-state index contributed by atoms with van der Waals surface area (Å²) in [6.07, 6.45) is 0. The number of amides is 2. The van der Waals surface area contributed by atoms with Crippen molar-refractivity contribution in [1.82, 2.24) is 0 Å². The Morgan fingerprint density at radius 1 is 1.04 bits per heavy atom. The average molecular weight is 312 g/mol. The molecule has 0 radical (unpaired) electrons. The summed E-state index contributed by atoms with van der Waals surface area (Å²) < 4.78 is 5.46. The van der Waals surface area contributed by atoms with Crippen LogP contribution in [-0.4, -0.2) is 18.4 Å². The minimum absolute atomic E-state index is 0.0766. The molecule has 5 nitrogen and oxygen atoms in total. The Balaban J connectivity index is 1.96. The lowest BCUT2D eigenvalue weighted by Crippen LogP contribution is -2.20. The minimum Gasteiger partial charge on any atom is -0.484 e. The van der Waals surface area contributed by atoms with E-state index < -0.39 is 0 Å². The van der Waals surface area contributed by atoms with E-state index in [1.807, 2.05) is 38.1 Å². The van der Waals surface area contributed by atoms with Crippen molar-refractivity contribution in [2.75, 3.05) is 17.2 Å². The summed E-state index contributed by atoms with van der Waals surface area (Å²) in [6.45, 7) is 5.22. The molecule has 0 heterocycles. The van der Waals surface area contributed by atoms with Gasteiger partial charge in [-0.25, -0.2) is 0 Å². The van der Waals surface area contributed by atoms with Crippen LogP contribution in [0.15, 0.2) is 42.5 Å². The van der Waals surface area contributed by atoms with Crippen molar-refractivity contribution in [2.24, 2.45) is 0 Å². The number of anilines is 2. The maximum atomic E-state index is 12.0. The number of aryl methyl sites for hydroxylation is 2. The summed E-state index contributed by atoms with van der Waals surface area (Å²) in [5, 5.41) is 5.48. The highest BCUT2D eigenvalue weighted by Gasteiger charge is 2.07. The molecular weight excluding hydrogens is 292 g/mol. The van der Waals surface area contributed by atoms with E-state index in [0.29, 0.717) is 17.1 Å². The van der Waals surface area contributed by atoms with Crippen LogP contribution in [0.1, 0.15) is 18.1 Å². The van der Waals surface area contributed by atoms with Gasteiger partial charge < -0.3 is 15.4 Å². The second-order valence-electron chi connectivity index (χ2n) is 5.36. The van der Waals surface area contributed by atoms with Gasteiger partial charge in [-0.05, 0) is 49.2 Å². The topological polar surface area (TPSA) is 67.4 Å². The molecule has 2 aromatic rings. The van der Waals surface area contributed by atoms with Gasteiger partial charge in [0.2, 0.25) is 5.91 Å². The van der Waals surface area contributed by atoms with Crippen molar-refractivity contribution in [3.63, 3.8) is 0 Å². The molecule has 2 aromatic carbocycles. The van der Waals surface area contributed by atoms with Crippen molar-refractivity contribution >= 4 is 23.2 Å². The van der Waals surface area contributed by atoms with Crippen LogP contribution in [0, 0.1) is 13.8 Å². The molecule has 120 valence electrons. The Labute approximate surface area is 135 Å². The quantitative estimate of drug-likeness (QED) is 0.890. The molecule has 0 atom stereocenters. The zero-order chi connectivity index (χ0) is 16.8. The molecule has 0 aliphatic carbocycles. The van der Waals surface area contributed by atoms with E-state index in [-0.39, 0.29) is 18.4 Å². The maximum absolute atomic E-state index is 12.0. The highest BCUT2D eigenvalue weighted by molar-refractivity contribution is 5.94. The van der Waals surface area contributed by atoms with Gasteiger partial charge in [-0.1, -0.05) is 18.2 Å². The minimum atomic E-state index is -0.260. The maximum Gasteiger partial charge on any atom is 0.262 e. The Morgan fingerprint density at radius 2 is 1.83 bits per heavy atom. The number of hydrogen-bond donors (Lipinski definition) is 2. The van der Waals surface area contributed by atoms with E-state index in [9.17, 15) is 9.59 Å². The van der Waals surface area contributed by atoms with Gasteiger partial charge in [-0.2, -0.15) is 0 Å². The molecule has 0 fully saturated rings. The molecule has 5 heteroatoms. The molecule has 2 amide bonds. The predicted octanol–water partition coefficient (Wildman–Crippen LogP) is 3.28. The first-order valence-corrected chi connectivity index (χ1v) is 7.31. The first-order chi connectivity index (χ1) is 10.9. The lowest BCUT2D eigenvalue weighted by Gasteiger charge is -2.11. The molecule has 0 unspecified atom stereocenters. The van der Waals surface area contributed by atoms with Crippen LogP contribution in [0.25, 0.3) is 0 Å². The molecule has 2 N–H and O–H groups in total. The number of nitrogens with one attached hydrogen (secondary N) is 2. The Kier molecular flexibility index (Phi) is 5.36. The van der Waals surface area contributed by atoms with E-state index in [0.717, 1.165) is 11.1 Å². The Hall–Kier alpha value is -2.82. The lowest BCUT2D eigenvalue weighted by atomic mass is 10.1. The summed E-state index contributed by atoms with van der Waals surface area (Å²) in [4.78, 5) is 23.1. The fourth-order valence-corrected chi connectivity index (χ4v) is 2.08. The lowest BCUT2D eigenvalue weighted by molar-refractivity contribution is -0.118. The van der Waals surface area contributed by atoms with Gasteiger partial charge in [-0.3, -0.25) is 9.59 Å². The van der Waals surface area contributed by atoms with Gasteiger partial charge in [0.15, 0.2) is 6.61 Å². The Bertz CT molecular complexity index is 726. The van der Waals surface area contributed by atoms with Crippen LogP contribution in [0.3, 0.4) is 0 Å². The molecule has 2 rings (SSSR count). The predicted molar refractivity (Wildman–Crippen MR) is 90.8 cm³/mol. The van der Waals surface area contributed by atoms with Crippen LogP contribution in [-0.2, 0) is 9.59 Å². The zero-order valence-electron chi connectivity index (χ0n) is 13.5. The standard InChI is InChI=1S/C18H20N2O3/c1-12-5-4-6-16(9-12)23-11-18(22)20-15-8-7-13(2)17(10-15)19-14(3)21/h4-10H,11H2,1-3H3,(H,19,21)(H,20,22). The molecule has 0 aliphatic rings. The monoisotopic (exact) mass is 312 g/mol. The summed E-state index contributed by atoms with van der Waals surface area (Å²) in [6, 6.07) is 12.9. The van der Waals surface area contributed by atoms with Gasteiger partial charge in [0.25, 0.3) is 5.91 Å². The van der Waals surface area contributed by atoms with Gasteiger partial charge in [0, 0.05) is 18.3 Å². The molecule has 0 saturated heterocycles. The molecule has 0 saturated carbocycles. The van der Waals surface area contributed by atoms with Crippen molar-refractivity contribution in [3.05, 3.63) is 53.6 Å². The third kappa shape index (κ3) is 5.14. The Morgan fingerprint density at radius 3 is 2.52 bits per heavy atom. The largest absolute Gasteiger partial charge is 0.484 e. The van der Waals surface area contributed by atoms with Gasteiger partial charge >= 0.3 is 0 Å². The number of hydrogen-bond acceptors (Lipinski definition) is 3. The van der Waals surface area contributed by atoms with Crippen molar-refractivity contribution in [3.8, 4) is 5.75 Å². The molecule has 23 heavy (non-hydrogen) atoms. The zero-order valence-corrected chi connectivity index (χ0v) is 13.5. The number of benzene rings is 2. The van der Waals surface area contributed by atoms with Crippen LogP contribution in [0.2, 0.25) is 0 Å². The number of carbonyl (C=O) groups is 2. The number of rotatable bonds is 5. The number of carbonyl (C=O) groups excluding carboxylic acids is 2. The molecule has 0 spiro atoms. The van der Waals surface area contributed by atoms with Crippen molar-refractivity contribution in [1.29, 1.82) is 0 Å². The van der Waals surface area contributed by atoms with Crippen LogP contribution >= 0.6 is 0 Å². The van der Waals surface area contributed by atoms with E-state index in [4.69, 9.17) is 4.74 Å². The molecule has 0 aliphatic heterocycles. The van der Waals surface area contributed by atoms with Crippen LogP contribution < -0.4 is 15.4 Å². The number of ether oxygens (including phenoxy) is 1. The van der Waals surface area contributed by atoms with E-state index >= 15 is 0 Å². The fraction of sp³-hybridized carbons (Fsp3) is 0.222. The highest BCUT2D eigenvalue weighted by atomic mass is 16.5. The second-order valence-corrected chi connectivity index (χ2v) is 5.36. The first-order valence-electron chi connectivity index (χ1n) is 7.31. The molecule has 0 aromatic heterocycles. The first kappa shape index (κ1) is 16.5. The van der Waals surface area contributed by atoms with Crippen molar-refractivity contribution < 1.29 is 14.3 Å². The highest BCUT2D eigenvalue weighted by Crippen LogP contribution is 2.20. The third-order valence-corrected chi connectivity index (χ3v) is 3.19. The smallest absolute Gasteiger partial charge is 0.262 e. The summed E-state index contributed by atoms with van der Waals surface area (Å²) in [5.41, 5.74) is 3.28. The van der Waals surface area contributed by atoms with Gasteiger partial charge in [0.05, 0.1) is 0 Å². The summed E-state index contributed by atoms with van der Waals surface area (Å²) in [7, 11) is 0. The van der Waals surface area contributed by atoms with Crippen LogP contribution in [0.5, 0.6) is 5.75 Å². The third-order valence-electron chi connectivity index (χ3n) is 3.19.